The fraction of sp³-hybridized carbons (Fsp3) is 0.250. The van der Waals surface area contributed by atoms with Crippen LogP contribution in [0, 0.1) is 6.92 Å². The van der Waals surface area contributed by atoms with Crippen LogP contribution in [0.5, 0.6) is 5.75 Å². The Hall–Kier alpha value is -2.51. The monoisotopic (exact) mass is 417 g/mol. The van der Waals surface area contributed by atoms with Crippen LogP contribution in [0.25, 0.3) is 0 Å². The minimum Gasteiger partial charge on any atom is -0.488 e. The Kier molecular flexibility index (Phi) is 6.26. The summed E-state index contributed by atoms with van der Waals surface area (Å²) in [7, 11) is 0. The molecule has 1 unspecified atom stereocenters. The Morgan fingerprint density at radius 2 is 2.00 bits per heavy atom. The predicted octanol–water partition coefficient (Wildman–Crippen LogP) is 4.23. The van der Waals surface area contributed by atoms with Crippen molar-refractivity contribution in [3.8, 4) is 5.75 Å². The summed E-state index contributed by atoms with van der Waals surface area (Å²) in [6.45, 7) is 5.23. The SMILES string of the molecule is CC(=O)NC1=NN(C(C)=O)C(c2cc(Cl)ccc2OCc2ccccc2C)S1. The molecule has 0 spiro atoms. The van der Waals surface area contributed by atoms with E-state index in [9.17, 15) is 9.59 Å². The number of amidine groups is 1. The normalized spacial score (nSPS) is 15.9. The summed E-state index contributed by atoms with van der Waals surface area (Å²) >= 11 is 7.47. The van der Waals surface area contributed by atoms with Crippen molar-refractivity contribution in [2.45, 2.75) is 32.8 Å². The number of nitrogens with zero attached hydrogens (tertiary/aromatic N) is 2. The van der Waals surface area contributed by atoms with Crippen LogP contribution in [0.3, 0.4) is 0 Å². The van der Waals surface area contributed by atoms with Crippen molar-refractivity contribution in [1.29, 1.82) is 0 Å². The first kappa shape index (κ1) is 20.2. The maximum absolute atomic E-state index is 12.1. The number of halogens is 1. The van der Waals surface area contributed by atoms with Crippen LogP contribution < -0.4 is 10.1 Å². The summed E-state index contributed by atoms with van der Waals surface area (Å²) < 4.78 is 6.07. The molecule has 28 heavy (non-hydrogen) atoms. The fourth-order valence-electron chi connectivity index (χ4n) is 2.74. The highest BCUT2D eigenvalue weighted by molar-refractivity contribution is 8.14. The van der Waals surface area contributed by atoms with Crippen molar-refractivity contribution < 1.29 is 14.3 Å². The van der Waals surface area contributed by atoms with E-state index in [1.165, 1.54) is 30.6 Å². The third-order valence-electron chi connectivity index (χ3n) is 4.13. The molecule has 3 rings (SSSR count). The number of hydrazone groups is 1. The number of aryl methyl sites for hydroxylation is 1. The summed E-state index contributed by atoms with van der Waals surface area (Å²) in [5.74, 6) is 0.107. The first-order chi connectivity index (χ1) is 13.3. The molecule has 8 heteroatoms. The average Bonchev–Trinajstić information content (AvgIpc) is 3.05. The van der Waals surface area contributed by atoms with E-state index in [1.807, 2.05) is 31.2 Å². The molecule has 0 saturated carbocycles. The van der Waals surface area contributed by atoms with Crippen LogP contribution in [0.2, 0.25) is 5.02 Å². The number of nitrogens with one attached hydrogen (secondary N) is 1. The first-order valence-corrected chi connectivity index (χ1v) is 9.90. The minimum absolute atomic E-state index is 0.248. The van der Waals surface area contributed by atoms with E-state index >= 15 is 0 Å². The first-order valence-electron chi connectivity index (χ1n) is 8.64. The summed E-state index contributed by atoms with van der Waals surface area (Å²) in [4.78, 5) is 23.5. The van der Waals surface area contributed by atoms with Gasteiger partial charge in [-0.1, -0.05) is 47.6 Å². The van der Waals surface area contributed by atoms with E-state index in [4.69, 9.17) is 16.3 Å². The lowest BCUT2D eigenvalue weighted by Crippen LogP contribution is -2.25. The lowest BCUT2D eigenvalue weighted by Gasteiger charge is -2.22. The van der Waals surface area contributed by atoms with Gasteiger partial charge in [0.05, 0.1) is 0 Å². The minimum atomic E-state index is -0.482. The molecule has 0 aliphatic carbocycles. The van der Waals surface area contributed by atoms with E-state index in [-0.39, 0.29) is 11.8 Å². The van der Waals surface area contributed by atoms with E-state index < -0.39 is 5.37 Å². The molecule has 6 nitrogen and oxygen atoms in total. The molecule has 1 aliphatic rings. The van der Waals surface area contributed by atoms with Crippen molar-refractivity contribution in [3.63, 3.8) is 0 Å². The third-order valence-corrected chi connectivity index (χ3v) is 5.45. The summed E-state index contributed by atoms with van der Waals surface area (Å²) in [6, 6.07) is 13.3. The molecule has 1 atom stereocenters. The molecule has 0 saturated heterocycles. The van der Waals surface area contributed by atoms with Gasteiger partial charge in [0.2, 0.25) is 11.8 Å². The van der Waals surface area contributed by atoms with E-state index in [1.54, 1.807) is 18.2 Å². The smallest absolute Gasteiger partial charge is 0.241 e. The molecule has 1 N–H and O–H groups in total. The number of thioether (sulfide) groups is 1. The molecule has 2 amide bonds. The maximum atomic E-state index is 12.1. The van der Waals surface area contributed by atoms with Crippen LogP contribution in [-0.4, -0.2) is 22.0 Å². The molecular formula is C20H20ClN3O3S. The largest absolute Gasteiger partial charge is 0.488 e. The Morgan fingerprint density at radius 3 is 2.68 bits per heavy atom. The lowest BCUT2D eigenvalue weighted by atomic mass is 10.1. The molecule has 1 heterocycles. The predicted molar refractivity (Wildman–Crippen MR) is 111 cm³/mol. The number of hydrogen-bond acceptors (Lipinski definition) is 5. The van der Waals surface area contributed by atoms with Crippen molar-refractivity contribution in [3.05, 3.63) is 64.2 Å². The summed E-state index contributed by atoms with van der Waals surface area (Å²) in [5.41, 5.74) is 2.92. The zero-order valence-corrected chi connectivity index (χ0v) is 17.3. The van der Waals surface area contributed by atoms with Gasteiger partial charge in [0, 0.05) is 24.4 Å². The van der Waals surface area contributed by atoms with Gasteiger partial charge in [0.1, 0.15) is 17.7 Å². The molecular weight excluding hydrogens is 398 g/mol. The molecule has 0 fully saturated rings. The van der Waals surface area contributed by atoms with Gasteiger partial charge in [-0.3, -0.25) is 9.59 Å². The van der Waals surface area contributed by atoms with Crippen molar-refractivity contribution >= 4 is 40.3 Å². The molecule has 146 valence electrons. The Labute approximate surface area is 172 Å². The maximum Gasteiger partial charge on any atom is 0.241 e. The quantitative estimate of drug-likeness (QED) is 0.808. The lowest BCUT2D eigenvalue weighted by molar-refractivity contribution is -0.129. The number of carbonyl (C=O) groups excluding carboxylic acids is 2. The van der Waals surface area contributed by atoms with Crippen LogP contribution in [0.4, 0.5) is 0 Å². The summed E-state index contributed by atoms with van der Waals surface area (Å²) in [6.07, 6.45) is 0. The van der Waals surface area contributed by atoms with Crippen molar-refractivity contribution in [2.24, 2.45) is 5.10 Å². The molecule has 0 bridgehead atoms. The molecule has 2 aromatic rings. The second-order valence-corrected chi connectivity index (χ2v) is 7.82. The highest BCUT2D eigenvalue weighted by atomic mass is 35.5. The van der Waals surface area contributed by atoms with Gasteiger partial charge in [-0.15, -0.1) is 5.10 Å². The van der Waals surface area contributed by atoms with Crippen molar-refractivity contribution in [1.82, 2.24) is 10.3 Å². The number of rotatable bonds is 4. The van der Waals surface area contributed by atoms with Crippen molar-refractivity contribution in [2.75, 3.05) is 0 Å². The fourth-order valence-corrected chi connectivity index (χ4v) is 4.07. The molecule has 0 aromatic heterocycles. The second-order valence-electron chi connectivity index (χ2n) is 6.32. The third kappa shape index (κ3) is 4.66. The topological polar surface area (TPSA) is 71.0 Å². The van der Waals surface area contributed by atoms with Gasteiger partial charge in [0.15, 0.2) is 5.17 Å². The number of amides is 2. The van der Waals surface area contributed by atoms with E-state index in [0.29, 0.717) is 28.1 Å². The average molecular weight is 418 g/mol. The zero-order valence-electron chi connectivity index (χ0n) is 15.7. The van der Waals surface area contributed by atoms with Gasteiger partial charge in [0.25, 0.3) is 0 Å². The van der Waals surface area contributed by atoms with E-state index in [0.717, 1.165) is 11.1 Å². The number of ether oxygens (including phenoxy) is 1. The standard InChI is InChI=1S/C20H20ClN3O3S/c1-12-6-4-5-7-15(12)11-27-18-9-8-16(21)10-17(18)19-24(14(3)26)23-20(28-19)22-13(2)25/h4-10,19H,11H2,1-3H3,(H,22,23,25). The number of hydrogen-bond donors (Lipinski definition) is 1. The highest BCUT2D eigenvalue weighted by Crippen LogP contribution is 2.43. The number of benzene rings is 2. The van der Waals surface area contributed by atoms with Crippen LogP contribution in [-0.2, 0) is 16.2 Å². The van der Waals surface area contributed by atoms with Crippen LogP contribution in [0.1, 0.15) is 35.9 Å². The highest BCUT2D eigenvalue weighted by Gasteiger charge is 2.34. The van der Waals surface area contributed by atoms with Crippen LogP contribution >= 0.6 is 23.4 Å². The summed E-state index contributed by atoms with van der Waals surface area (Å²) in [5, 5.41) is 8.58. The van der Waals surface area contributed by atoms with Gasteiger partial charge < -0.3 is 10.1 Å². The Bertz CT molecular complexity index is 948. The van der Waals surface area contributed by atoms with Gasteiger partial charge in [-0.05, 0) is 36.2 Å². The number of carbonyl (C=O) groups is 2. The molecule has 0 radical (unpaired) electrons. The van der Waals surface area contributed by atoms with Crippen LogP contribution in [0.15, 0.2) is 47.6 Å². The second kappa shape index (κ2) is 8.67. The molecule has 1 aliphatic heterocycles. The zero-order chi connectivity index (χ0) is 20.3. The molecule has 2 aromatic carbocycles. The van der Waals surface area contributed by atoms with Gasteiger partial charge in [-0.2, -0.15) is 0 Å². The Balaban J connectivity index is 1.88. The Morgan fingerprint density at radius 1 is 1.25 bits per heavy atom. The van der Waals surface area contributed by atoms with Gasteiger partial charge in [-0.25, -0.2) is 5.01 Å². The van der Waals surface area contributed by atoms with Gasteiger partial charge >= 0.3 is 0 Å². The van der Waals surface area contributed by atoms with E-state index in [2.05, 4.69) is 10.4 Å².